The third-order valence-corrected chi connectivity index (χ3v) is 2.40. The Labute approximate surface area is 106 Å². The van der Waals surface area contributed by atoms with Gasteiger partial charge in [0.2, 0.25) is 0 Å². The second-order valence-corrected chi connectivity index (χ2v) is 3.99. The fourth-order valence-electron chi connectivity index (χ4n) is 1.52. The highest BCUT2D eigenvalue weighted by Gasteiger charge is 2.21. The lowest BCUT2D eigenvalue weighted by molar-refractivity contribution is -0.140. The molecule has 0 saturated heterocycles. The quantitative estimate of drug-likeness (QED) is 0.597. The highest BCUT2D eigenvalue weighted by molar-refractivity contribution is 5.84. The van der Waals surface area contributed by atoms with E-state index < -0.39 is 31.1 Å². The number of aliphatic carboxylic acids is 2. The van der Waals surface area contributed by atoms with Gasteiger partial charge in [-0.1, -0.05) is 20.3 Å². The SMILES string of the molecule is CCCC(CC)NC(=O)N(CC(=O)O)CC(=O)O. The van der Waals surface area contributed by atoms with Gasteiger partial charge in [0.25, 0.3) is 0 Å². The molecule has 0 fully saturated rings. The van der Waals surface area contributed by atoms with E-state index in [9.17, 15) is 14.4 Å². The van der Waals surface area contributed by atoms with E-state index in [2.05, 4.69) is 5.32 Å². The molecule has 3 N–H and O–H groups in total. The first-order valence-electron chi connectivity index (χ1n) is 5.89. The molecule has 1 atom stereocenters. The van der Waals surface area contributed by atoms with Gasteiger partial charge in [0.15, 0.2) is 0 Å². The number of amides is 2. The van der Waals surface area contributed by atoms with E-state index in [1.165, 1.54) is 0 Å². The number of nitrogens with one attached hydrogen (secondary N) is 1. The summed E-state index contributed by atoms with van der Waals surface area (Å²) in [7, 11) is 0. The number of nitrogens with zero attached hydrogens (tertiary/aromatic N) is 1. The van der Waals surface area contributed by atoms with Gasteiger partial charge in [0.05, 0.1) is 0 Å². The minimum atomic E-state index is -1.24. The molecule has 1 unspecified atom stereocenters. The Kier molecular flexibility index (Phi) is 7.50. The van der Waals surface area contributed by atoms with Gasteiger partial charge in [-0.3, -0.25) is 9.59 Å². The van der Waals surface area contributed by atoms with Gasteiger partial charge in [-0.15, -0.1) is 0 Å². The molecule has 0 radical (unpaired) electrons. The van der Waals surface area contributed by atoms with Crippen molar-refractivity contribution in [1.29, 1.82) is 0 Å². The molecule has 0 aromatic rings. The molecule has 7 nitrogen and oxygen atoms in total. The van der Waals surface area contributed by atoms with Crippen LogP contribution in [0.3, 0.4) is 0 Å². The number of carbonyl (C=O) groups is 3. The van der Waals surface area contributed by atoms with Crippen molar-refractivity contribution in [1.82, 2.24) is 10.2 Å². The van der Waals surface area contributed by atoms with Crippen LogP contribution in [0.25, 0.3) is 0 Å². The Morgan fingerprint density at radius 1 is 1.11 bits per heavy atom. The monoisotopic (exact) mass is 260 g/mol. The lowest BCUT2D eigenvalue weighted by Gasteiger charge is -2.23. The molecule has 2 amide bonds. The molecular formula is C11H20N2O5. The molecule has 18 heavy (non-hydrogen) atoms. The van der Waals surface area contributed by atoms with E-state index in [-0.39, 0.29) is 6.04 Å². The van der Waals surface area contributed by atoms with Gasteiger partial charge < -0.3 is 20.4 Å². The summed E-state index contributed by atoms with van der Waals surface area (Å²) >= 11 is 0. The maximum absolute atomic E-state index is 11.7. The molecular weight excluding hydrogens is 240 g/mol. The zero-order valence-electron chi connectivity index (χ0n) is 10.7. The molecule has 0 spiro atoms. The Morgan fingerprint density at radius 2 is 1.61 bits per heavy atom. The molecule has 104 valence electrons. The summed E-state index contributed by atoms with van der Waals surface area (Å²) in [6, 6.07) is -0.715. The topological polar surface area (TPSA) is 107 Å². The molecule has 0 aliphatic heterocycles. The second-order valence-electron chi connectivity index (χ2n) is 3.99. The highest BCUT2D eigenvalue weighted by atomic mass is 16.4. The Morgan fingerprint density at radius 3 is 1.94 bits per heavy atom. The summed E-state index contributed by atoms with van der Waals surface area (Å²) in [6.45, 7) is 2.63. The molecule has 0 heterocycles. The van der Waals surface area contributed by atoms with Crippen molar-refractivity contribution in [2.45, 2.75) is 39.2 Å². The van der Waals surface area contributed by atoms with E-state index in [1.807, 2.05) is 13.8 Å². The lowest BCUT2D eigenvalue weighted by Crippen LogP contribution is -2.48. The van der Waals surface area contributed by atoms with Crippen molar-refractivity contribution in [3.63, 3.8) is 0 Å². The number of carboxylic acids is 2. The average molecular weight is 260 g/mol. The number of rotatable bonds is 8. The lowest BCUT2D eigenvalue weighted by atomic mass is 10.1. The Bertz CT molecular complexity index is 290. The summed E-state index contributed by atoms with van der Waals surface area (Å²) in [5.41, 5.74) is 0. The van der Waals surface area contributed by atoms with Crippen molar-refractivity contribution in [3.8, 4) is 0 Å². The second kappa shape index (κ2) is 8.32. The third kappa shape index (κ3) is 6.72. The normalized spacial score (nSPS) is 11.7. The number of carboxylic acid groups (broad SMARTS) is 2. The third-order valence-electron chi connectivity index (χ3n) is 2.40. The van der Waals surface area contributed by atoms with Crippen LogP contribution in [-0.2, 0) is 9.59 Å². The molecule has 0 aromatic carbocycles. The average Bonchev–Trinajstić information content (AvgIpc) is 2.26. The molecule has 0 rings (SSSR count). The summed E-state index contributed by atoms with van der Waals surface area (Å²) in [6.07, 6.45) is 2.38. The summed E-state index contributed by atoms with van der Waals surface area (Å²) < 4.78 is 0. The van der Waals surface area contributed by atoms with Gasteiger partial charge in [-0.05, 0) is 12.8 Å². The molecule has 0 aliphatic carbocycles. The molecule has 0 bridgehead atoms. The van der Waals surface area contributed by atoms with Crippen LogP contribution in [0, 0.1) is 0 Å². The van der Waals surface area contributed by atoms with Crippen molar-refractivity contribution in [2.24, 2.45) is 0 Å². The van der Waals surface area contributed by atoms with E-state index >= 15 is 0 Å². The van der Waals surface area contributed by atoms with Crippen LogP contribution >= 0.6 is 0 Å². The zero-order chi connectivity index (χ0) is 14.1. The van der Waals surface area contributed by atoms with Crippen molar-refractivity contribution in [3.05, 3.63) is 0 Å². The van der Waals surface area contributed by atoms with E-state index in [0.29, 0.717) is 6.42 Å². The Balaban J connectivity index is 4.52. The van der Waals surface area contributed by atoms with Gasteiger partial charge in [-0.2, -0.15) is 0 Å². The summed E-state index contributed by atoms with van der Waals surface area (Å²) in [4.78, 5) is 33.6. The zero-order valence-corrected chi connectivity index (χ0v) is 10.7. The first-order chi connectivity index (χ1) is 8.40. The standard InChI is InChI=1S/C11H20N2O5/c1-3-5-8(4-2)12-11(18)13(6-9(14)15)7-10(16)17/h8H,3-7H2,1-2H3,(H,12,18)(H,14,15)(H,16,17). The smallest absolute Gasteiger partial charge is 0.323 e. The maximum Gasteiger partial charge on any atom is 0.323 e. The van der Waals surface area contributed by atoms with Crippen LogP contribution in [-0.4, -0.2) is 52.2 Å². The van der Waals surface area contributed by atoms with Gasteiger partial charge in [0, 0.05) is 6.04 Å². The van der Waals surface area contributed by atoms with Gasteiger partial charge in [-0.25, -0.2) is 4.79 Å². The molecule has 0 aliphatic rings. The summed E-state index contributed by atoms with van der Waals surface area (Å²) in [5.74, 6) is -2.48. The number of hydrogen-bond acceptors (Lipinski definition) is 3. The van der Waals surface area contributed by atoms with Gasteiger partial charge in [0.1, 0.15) is 13.1 Å². The first kappa shape index (κ1) is 16.2. The van der Waals surface area contributed by atoms with E-state index in [0.717, 1.165) is 17.7 Å². The van der Waals surface area contributed by atoms with E-state index in [4.69, 9.17) is 10.2 Å². The first-order valence-corrected chi connectivity index (χ1v) is 5.89. The summed E-state index contributed by atoms with van der Waals surface area (Å²) in [5, 5.41) is 19.9. The highest BCUT2D eigenvalue weighted by Crippen LogP contribution is 2.02. The van der Waals surface area contributed by atoms with Crippen LogP contribution in [0.2, 0.25) is 0 Å². The fraction of sp³-hybridized carbons (Fsp3) is 0.727. The van der Waals surface area contributed by atoms with Crippen LogP contribution in [0.5, 0.6) is 0 Å². The predicted molar refractivity (Wildman–Crippen MR) is 64.4 cm³/mol. The fourth-order valence-corrected chi connectivity index (χ4v) is 1.52. The van der Waals surface area contributed by atoms with Crippen LogP contribution in [0.1, 0.15) is 33.1 Å². The van der Waals surface area contributed by atoms with E-state index in [1.54, 1.807) is 0 Å². The van der Waals surface area contributed by atoms with Crippen LogP contribution in [0.15, 0.2) is 0 Å². The van der Waals surface area contributed by atoms with Gasteiger partial charge >= 0.3 is 18.0 Å². The minimum Gasteiger partial charge on any atom is -0.480 e. The Hall–Kier alpha value is -1.79. The van der Waals surface area contributed by atoms with Crippen molar-refractivity contribution < 1.29 is 24.6 Å². The van der Waals surface area contributed by atoms with Crippen LogP contribution in [0.4, 0.5) is 4.79 Å². The van der Waals surface area contributed by atoms with Crippen molar-refractivity contribution >= 4 is 18.0 Å². The predicted octanol–water partition coefficient (Wildman–Crippen LogP) is 0.746. The van der Waals surface area contributed by atoms with Crippen LogP contribution < -0.4 is 5.32 Å². The molecule has 0 aromatic heterocycles. The minimum absolute atomic E-state index is 0.0624. The largest absolute Gasteiger partial charge is 0.480 e. The molecule has 0 saturated carbocycles. The maximum atomic E-state index is 11.7. The number of urea groups is 1. The number of hydrogen-bond donors (Lipinski definition) is 3. The number of carbonyl (C=O) groups excluding carboxylic acids is 1. The molecule has 7 heteroatoms. The van der Waals surface area contributed by atoms with Crippen molar-refractivity contribution in [2.75, 3.05) is 13.1 Å².